The van der Waals surface area contributed by atoms with Crippen LogP contribution in [0.5, 0.6) is 0 Å². The van der Waals surface area contributed by atoms with Gasteiger partial charge >= 0.3 is 6.03 Å². The van der Waals surface area contributed by atoms with Crippen LogP contribution in [0.1, 0.15) is 114 Å². The van der Waals surface area contributed by atoms with Crippen LogP contribution in [0.3, 0.4) is 0 Å². The van der Waals surface area contributed by atoms with Gasteiger partial charge in [-0.1, -0.05) is 101 Å². The van der Waals surface area contributed by atoms with Crippen molar-refractivity contribution in [3.05, 3.63) is 12.7 Å². The van der Waals surface area contributed by atoms with Gasteiger partial charge in [0.25, 0.3) is 0 Å². The average Bonchev–Trinajstić information content (AvgIpc) is 3.78. The molecule has 51 heavy (non-hydrogen) atoms. The first kappa shape index (κ1) is 50.6. The van der Waals surface area contributed by atoms with Gasteiger partial charge in [-0.05, 0) is 69.5 Å². The van der Waals surface area contributed by atoms with Crippen molar-refractivity contribution in [3.8, 4) is 0 Å². The fourth-order valence-corrected chi connectivity index (χ4v) is 5.62. The Kier molecular flexibility index (Phi) is 27.0. The number of nitrogens with zero attached hydrogens (tertiary/aromatic N) is 2. The molecule has 1 aliphatic heterocycles. The molecule has 12 nitrogen and oxygen atoms in total. The van der Waals surface area contributed by atoms with E-state index in [1.165, 1.54) is 4.90 Å². The summed E-state index contributed by atoms with van der Waals surface area (Å²) in [7, 11) is 3.79. The number of likely N-dealkylation sites (tertiary alicyclic amines) is 1. The largest absolute Gasteiger partial charge is 0.344 e. The molecular formula is C38H75N7O5S. The summed E-state index contributed by atoms with van der Waals surface area (Å²) in [6, 6.07) is -3.25. The van der Waals surface area contributed by atoms with Crippen molar-refractivity contribution in [3.63, 3.8) is 0 Å². The Morgan fingerprint density at radius 2 is 1.53 bits per heavy atom. The predicted octanol–water partition coefficient (Wildman–Crippen LogP) is 4.75. The summed E-state index contributed by atoms with van der Waals surface area (Å²) in [6.07, 6.45) is 7.47. The summed E-state index contributed by atoms with van der Waals surface area (Å²) in [5, 5.41) is 14.7. The molecule has 0 aromatic carbocycles. The monoisotopic (exact) mass is 742 g/mol. The second-order valence-corrected chi connectivity index (χ2v) is 15.4. The molecular weight excluding hydrogens is 667 g/mol. The highest BCUT2D eigenvalue weighted by molar-refractivity contribution is 7.77. The smallest absolute Gasteiger partial charge is 0.315 e. The summed E-state index contributed by atoms with van der Waals surface area (Å²) in [4.78, 5) is 65.5. The predicted molar refractivity (Wildman–Crippen MR) is 214 cm³/mol. The van der Waals surface area contributed by atoms with Gasteiger partial charge in [0.2, 0.25) is 17.6 Å². The minimum Gasteiger partial charge on any atom is -0.344 e. The van der Waals surface area contributed by atoms with Gasteiger partial charge in [0, 0.05) is 32.2 Å². The standard InChI is InChI=1S/C30H54N6O5S.C4H9N.2C2H6/c1-29(2,3)24(18-35(42)16-9-15-31-7)33-28(41)34-25(30(4,5)6)27(40)36-17-8-10-22(36)26(39)32-21(23(38)19-37)14-13-20-11-12-20;1-3-4-5-2;2*1-2/h19-22,24-25,31,42H,8-18H2,1-7H3,(H,32,39)(H2,33,34,41);3,5H,1,4H2,2H3;2*1-2H3/t21?,22?,24-,25?;;;/m1.../s1. The quantitative estimate of drug-likeness (QED) is 0.0388. The third-order valence-electron chi connectivity index (χ3n) is 8.50. The second kappa shape index (κ2) is 27.2. The number of hydrogen-bond donors (Lipinski definition) is 6. The molecule has 2 rings (SSSR count). The molecule has 1 saturated carbocycles. The van der Waals surface area contributed by atoms with Gasteiger partial charge in [0.05, 0.1) is 6.04 Å². The second-order valence-electron chi connectivity index (χ2n) is 14.8. The molecule has 1 saturated heterocycles. The van der Waals surface area contributed by atoms with Crippen molar-refractivity contribution in [2.75, 3.05) is 46.8 Å². The lowest BCUT2D eigenvalue weighted by Crippen LogP contribution is -2.61. The first-order valence-corrected chi connectivity index (χ1v) is 19.4. The van der Waals surface area contributed by atoms with Gasteiger partial charge in [-0.15, -0.1) is 6.58 Å². The van der Waals surface area contributed by atoms with E-state index in [2.05, 4.69) is 46.0 Å². The van der Waals surface area contributed by atoms with E-state index in [1.807, 2.05) is 93.7 Å². The molecule has 2 fully saturated rings. The topological polar surface area (TPSA) is 152 Å². The number of thiol groups is 1. The van der Waals surface area contributed by atoms with Crippen LogP contribution < -0.4 is 26.6 Å². The number of nitrogens with one attached hydrogen (secondary N) is 5. The van der Waals surface area contributed by atoms with Crippen LogP contribution >= 0.6 is 12.8 Å². The van der Waals surface area contributed by atoms with E-state index in [1.54, 1.807) is 0 Å². The zero-order valence-corrected chi connectivity index (χ0v) is 35.0. The Balaban J connectivity index is 0. The molecule has 13 heteroatoms. The van der Waals surface area contributed by atoms with Gasteiger partial charge in [-0.25, -0.2) is 4.79 Å². The molecule has 0 aromatic rings. The Morgan fingerprint density at radius 3 is 1.98 bits per heavy atom. The zero-order chi connectivity index (χ0) is 39.8. The highest BCUT2D eigenvalue weighted by Gasteiger charge is 2.43. The van der Waals surface area contributed by atoms with Crippen LogP contribution in [0.4, 0.5) is 4.79 Å². The normalized spacial score (nSPS) is 17.1. The highest BCUT2D eigenvalue weighted by Crippen LogP contribution is 2.34. The van der Waals surface area contributed by atoms with Crippen molar-refractivity contribution in [2.45, 2.75) is 138 Å². The molecule has 0 spiro atoms. The van der Waals surface area contributed by atoms with Crippen LogP contribution in [-0.2, 0) is 19.2 Å². The molecule has 2 aliphatic rings. The van der Waals surface area contributed by atoms with Gasteiger partial charge in [0.1, 0.15) is 12.1 Å². The molecule has 3 unspecified atom stereocenters. The Hall–Kier alpha value is -2.48. The van der Waals surface area contributed by atoms with Crippen molar-refractivity contribution in [1.29, 1.82) is 0 Å². The summed E-state index contributed by atoms with van der Waals surface area (Å²) in [5.74, 6) is -0.887. The molecule has 1 aliphatic carbocycles. The number of rotatable bonds is 18. The number of hydrogen-bond acceptors (Lipinski definition) is 9. The number of carbonyl (C=O) groups excluding carboxylic acids is 5. The van der Waals surface area contributed by atoms with Crippen molar-refractivity contribution in [2.24, 2.45) is 16.7 Å². The number of ketones is 1. The Labute approximate surface area is 316 Å². The van der Waals surface area contributed by atoms with Gasteiger partial charge in [-0.3, -0.25) is 23.5 Å². The molecule has 4 atom stereocenters. The first-order valence-electron chi connectivity index (χ1n) is 19.0. The fourth-order valence-electron chi connectivity index (χ4n) is 5.31. The lowest BCUT2D eigenvalue weighted by Gasteiger charge is -2.37. The molecule has 298 valence electrons. The van der Waals surface area contributed by atoms with E-state index in [4.69, 9.17) is 0 Å². The van der Waals surface area contributed by atoms with Crippen LogP contribution in [0, 0.1) is 16.7 Å². The van der Waals surface area contributed by atoms with E-state index in [0.29, 0.717) is 38.3 Å². The maximum absolute atomic E-state index is 13.9. The number of aldehydes is 1. The molecule has 1 heterocycles. The Bertz CT molecular complexity index is 1030. The van der Waals surface area contributed by atoms with Crippen LogP contribution in [0.25, 0.3) is 0 Å². The summed E-state index contributed by atoms with van der Waals surface area (Å²) < 4.78 is 1.89. The van der Waals surface area contributed by atoms with E-state index >= 15 is 0 Å². The number of urea groups is 1. The third kappa shape index (κ3) is 21.0. The fraction of sp³-hybridized carbons (Fsp3) is 0.816. The number of Topliss-reactive ketones (excluding diaryl/α,β-unsaturated/α-hetero) is 1. The number of carbonyl (C=O) groups is 5. The minimum atomic E-state index is -0.892. The lowest BCUT2D eigenvalue weighted by atomic mass is 9.85. The van der Waals surface area contributed by atoms with E-state index < -0.39 is 41.3 Å². The van der Waals surface area contributed by atoms with Crippen LogP contribution in [0.15, 0.2) is 12.7 Å². The SMILES string of the molecule is C=CCNC.CC.CC.CNCCCN(S)C[C@@H](NC(=O)NC(C(=O)N1CCCC1C(=O)NC(CCC1CC1)C(=O)C=O)C(C)(C)C)C(C)(C)C. The van der Waals surface area contributed by atoms with Crippen LogP contribution in [0.2, 0.25) is 0 Å². The van der Waals surface area contributed by atoms with Crippen molar-refractivity contribution in [1.82, 2.24) is 35.8 Å². The van der Waals surface area contributed by atoms with E-state index in [-0.39, 0.29) is 23.7 Å². The van der Waals surface area contributed by atoms with Gasteiger partial charge in [0.15, 0.2) is 6.29 Å². The minimum absolute atomic E-state index is 0.242. The zero-order valence-electron chi connectivity index (χ0n) is 34.1. The van der Waals surface area contributed by atoms with Gasteiger partial charge in [-0.2, -0.15) is 0 Å². The maximum atomic E-state index is 13.9. The number of likely N-dealkylation sites (N-methyl/N-ethyl adjacent to an activating group) is 1. The number of amides is 4. The lowest BCUT2D eigenvalue weighted by molar-refractivity contribution is -0.142. The molecule has 0 aromatic heterocycles. The molecule has 0 bridgehead atoms. The summed E-state index contributed by atoms with van der Waals surface area (Å²) in [5.41, 5.74) is -0.909. The van der Waals surface area contributed by atoms with Crippen molar-refractivity contribution < 1.29 is 24.0 Å². The van der Waals surface area contributed by atoms with Crippen LogP contribution in [-0.4, -0.2) is 110 Å². The van der Waals surface area contributed by atoms with E-state index in [0.717, 1.165) is 45.3 Å². The average molecular weight is 742 g/mol. The van der Waals surface area contributed by atoms with E-state index in [9.17, 15) is 24.0 Å². The summed E-state index contributed by atoms with van der Waals surface area (Å²) in [6.45, 7) is 26.6. The molecule has 5 N–H and O–H groups in total. The first-order chi connectivity index (χ1) is 24.0. The highest BCUT2D eigenvalue weighted by atomic mass is 32.1. The molecule has 4 amide bonds. The van der Waals surface area contributed by atoms with Gasteiger partial charge < -0.3 is 31.5 Å². The maximum Gasteiger partial charge on any atom is 0.315 e. The summed E-state index contributed by atoms with van der Waals surface area (Å²) >= 11 is 4.60. The molecule has 0 radical (unpaired) electrons. The third-order valence-corrected chi connectivity index (χ3v) is 8.86. The Morgan fingerprint density at radius 1 is 0.922 bits per heavy atom. The van der Waals surface area contributed by atoms with Crippen molar-refractivity contribution >= 4 is 42.7 Å².